The molecular formula is C13H25NO2. The lowest BCUT2D eigenvalue weighted by atomic mass is 10.2. The van der Waals surface area contributed by atoms with Gasteiger partial charge >= 0.3 is 5.97 Å². The molecule has 0 aliphatic heterocycles. The van der Waals surface area contributed by atoms with Gasteiger partial charge in [-0.05, 0) is 52.7 Å². The fraction of sp³-hybridized carbons (Fsp3) is 0.769. The van der Waals surface area contributed by atoms with Gasteiger partial charge in [0.15, 0.2) is 0 Å². The molecule has 0 aliphatic rings. The fourth-order valence-electron chi connectivity index (χ4n) is 1.44. The van der Waals surface area contributed by atoms with Crippen LogP contribution in [0.5, 0.6) is 0 Å². The molecule has 0 unspecified atom stereocenters. The van der Waals surface area contributed by atoms with E-state index in [0.29, 0.717) is 12.2 Å². The average molecular weight is 227 g/mol. The molecule has 94 valence electrons. The van der Waals surface area contributed by atoms with Crippen LogP contribution in [0.2, 0.25) is 0 Å². The summed E-state index contributed by atoms with van der Waals surface area (Å²) in [5.74, 6) is -0.275. The molecule has 0 heterocycles. The molecular weight excluding hydrogens is 202 g/mol. The van der Waals surface area contributed by atoms with E-state index in [4.69, 9.17) is 4.74 Å². The van der Waals surface area contributed by atoms with Crippen molar-refractivity contribution in [2.45, 2.75) is 39.5 Å². The van der Waals surface area contributed by atoms with E-state index in [2.05, 4.69) is 25.5 Å². The Hall–Kier alpha value is -0.830. The monoisotopic (exact) mass is 227 g/mol. The highest BCUT2D eigenvalue weighted by molar-refractivity contribution is 5.86. The summed E-state index contributed by atoms with van der Waals surface area (Å²) < 4.78 is 5.01. The van der Waals surface area contributed by atoms with E-state index >= 15 is 0 Å². The van der Waals surface area contributed by atoms with Crippen LogP contribution in [0.3, 0.4) is 0 Å². The number of nitrogens with zero attached hydrogens (tertiary/aromatic N) is 1. The van der Waals surface area contributed by atoms with Crippen molar-refractivity contribution in [1.82, 2.24) is 4.90 Å². The Balaban J connectivity index is 3.27. The van der Waals surface area contributed by atoms with E-state index in [-0.39, 0.29) is 5.97 Å². The van der Waals surface area contributed by atoms with Gasteiger partial charge in [-0.15, -0.1) is 0 Å². The number of carbonyl (C=O) groups excluding carboxylic acids is 1. The van der Waals surface area contributed by atoms with Crippen LogP contribution in [0.4, 0.5) is 0 Å². The third kappa shape index (κ3) is 8.48. The molecule has 0 N–H and O–H groups in total. The normalized spacial score (nSPS) is 10.5. The van der Waals surface area contributed by atoms with Crippen LogP contribution < -0.4 is 0 Å². The lowest BCUT2D eigenvalue weighted by molar-refractivity contribution is -0.139. The Morgan fingerprint density at radius 1 is 1.25 bits per heavy atom. The Morgan fingerprint density at radius 2 is 1.94 bits per heavy atom. The third-order valence-electron chi connectivity index (χ3n) is 2.37. The molecule has 0 radical (unpaired) electrons. The van der Waals surface area contributed by atoms with Gasteiger partial charge in [-0.3, -0.25) is 0 Å². The molecule has 0 aromatic carbocycles. The highest BCUT2D eigenvalue weighted by Crippen LogP contribution is 2.00. The molecule has 3 heteroatoms. The first-order valence-corrected chi connectivity index (χ1v) is 6.09. The minimum atomic E-state index is -0.275. The summed E-state index contributed by atoms with van der Waals surface area (Å²) >= 11 is 0. The Kier molecular flexibility index (Phi) is 8.91. The third-order valence-corrected chi connectivity index (χ3v) is 2.37. The molecule has 0 bridgehead atoms. The quantitative estimate of drug-likeness (QED) is 0.344. The van der Waals surface area contributed by atoms with Gasteiger partial charge in [0.05, 0.1) is 6.61 Å². The molecule has 0 aromatic rings. The maximum Gasteiger partial charge on any atom is 0.333 e. The van der Waals surface area contributed by atoms with E-state index < -0.39 is 0 Å². The van der Waals surface area contributed by atoms with Crippen molar-refractivity contribution in [2.75, 3.05) is 26.7 Å². The van der Waals surface area contributed by atoms with Crippen LogP contribution >= 0.6 is 0 Å². The molecule has 0 saturated heterocycles. The number of carbonyl (C=O) groups is 1. The van der Waals surface area contributed by atoms with Gasteiger partial charge in [0.25, 0.3) is 0 Å². The largest absolute Gasteiger partial charge is 0.462 e. The van der Waals surface area contributed by atoms with Crippen molar-refractivity contribution >= 4 is 5.97 Å². The number of hydrogen-bond donors (Lipinski definition) is 0. The number of rotatable bonds is 9. The van der Waals surface area contributed by atoms with Crippen molar-refractivity contribution < 1.29 is 9.53 Å². The molecule has 0 rings (SSSR count). The zero-order chi connectivity index (χ0) is 12.4. The van der Waals surface area contributed by atoms with Gasteiger partial charge in [-0.2, -0.15) is 0 Å². The van der Waals surface area contributed by atoms with E-state index in [0.717, 1.165) is 25.9 Å². The topological polar surface area (TPSA) is 29.5 Å². The number of unbranched alkanes of at least 4 members (excludes halogenated alkanes) is 2. The summed E-state index contributed by atoms with van der Waals surface area (Å²) in [5, 5.41) is 0. The predicted octanol–water partition coefficient (Wildman–Crippen LogP) is 2.62. The number of hydrogen-bond acceptors (Lipinski definition) is 3. The summed E-state index contributed by atoms with van der Waals surface area (Å²) in [6.07, 6.45) is 4.42. The van der Waals surface area contributed by atoms with E-state index in [9.17, 15) is 4.79 Å². The second-order valence-corrected chi connectivity index (χ2v) is 4.28. The standard InChI is InChI=1S/C13H25NO2/c1-5-9-14(4)10-7-6-8-11-16-13(15)12(2)3/h2,5-11H2,1,3-4H3. The minimum absolute atomic E-state index is 0.275. The first-order valence-electron chi connectivity index (χ1n) is 6.09. The molecule has 0 fully saturated rings. The highest BCUT2D eigenvalue weighted by Gasteiger charge is 2.02. The van der Waals surface area contributed by atoms with Crippen LogP contribution in [-0.4, -0.2) is 37.6 Å². The Labute approximate surface area is 99.5 Å². The van der Waals surface area contributed by atoms with Crippen LogP contribution in [-0.2, 0) is 9.53 Å². The summed E-state index contributed by atoms with van der Waals surface area (Å²) in [4.78, 5) is 13.4. The molecule has 0 aromatic heterocycles. The molecule has 3 nitrogen and oxygen atoms in total. The maximum absolute atomic E-state index is 11.0. The molecule has 0 spiro atoms. The zero-order valence-electron chi connectivity index (χ0n) is 10.9. The van der Waals surface area contributed by atoms with Crippen LogP contribution in [0.1, 0.15) is 39.5 Å². The Morgan fingerprint density at radius 3 is 2.50 bits per heavy atom. The van der Waals surface area contributed by atoms with Gasteiger partial charge in [0, 0.05) is 5.57 Å². The summed E-state index contributed by atoms with van der Waals surface area (Å²) in [5.41, 5.74) is 0.475. The van der Waals surface area contributed by atoms with E-state index in [1.807, 2.05) is 0 Å². The van der Waals surface area contributed by atoms with Crippen LogP contribution in [0.25, 0.3) is 0 Å². The van der Waals surface area contributed by atoms with Crippen LogP contribution in [0, 0.1) is 0 Å². The van der Waals surface area contributed by atoms with Gasteiger partial charge in [0.1, 0.15) is 0 Å². The molecule has 0 amide bonds. The smallest absolute Gasteiger partial charge is 0.333 e. The summed E-state index contributed by atoms with van der Waals surface area (Å²) in [6, 6.07) is 0. The number of esters is 1. The van der Waals surface area contributed by atoms with E-state index in [1.165, 1.54) is 12.8 Å². The maximum atomic E-state index is 11.0. The Bertz CT molecular complexity index is 214. The van der Waals surface area contributed by atoms with Gasteiger partial charge in [0.2, 0.25) is 0 Å². The molecule has 16 heavy (non-hydrogen) atoms. The summed E-state index contributed by atoms with van der Waals surface area (Å²) in [6.45, 7) is 10.2. The number of ether oxygens (including phenoxy) is 1. The van der Waals surface area contributed by atoms with Crippen molar-refractivity contribution in [3.05, 3.63) is 12.2 Å². The molecule has 0 aliphatic carbocycles. The summed E-state index contributed by atoms with van der Waals surface area (Å²) in [7, 11) is 2.14. The highest BCUT2D eigenvalue weighted by atomic mass is 16.5. The van der Waals surface area contributed by atoms with Gasteiger partial charge in [-0.25, -0.2) is 4.79 Å². The minimum Gasteiger partial charge on any atom is -0.462 e. The second kappa shape index (κ2) is 9.40. The van der Waals surface area contributed by atoms with Crippen molar-refractivity contribution in [3.8, 4) is 0 Å². The SMILES string of the molecule is C=C(C)C(=O)OCCCCCN(C)CCC. The first kappa shape index (κ1) is 15.2. The van der Waals surface area contributed by atoms with Gasteiger partial charge < -0.3 is 9.64 Å². The molecule has 0 saturated carbocycles. The molecule has 0 atom stereocenters. The van der Waals surface area contributed by atoms with Crippen LogP contribution in [0.15, 0.2) is 12.2 Å². The lowest BCUT2D eigenvalue weighted by Gasteiger charge is -2.14. The second-order valence-electron chi connectivity index (χ2n) is 4.28. The van der Waals surface area contributed by atoms with Crippen molar-refractivity contribution in [3.63, 3.8) is 0 Å². The first-order chi connectivity index (χ1) is 7.57. The lowest BCUT2D eigenvalue weighted by Crippen LogP contribution is -2.20. The van der Waals surface area contributed by atoms with Gasteiger partial charge in [-0.1, -0.05) is 13.5 Å². The predicted molar refractivity (Wildman–Crippen MR) is 67.4 cm³/mol. The van der Waals surface area contributed by atoms with Crippen molar-refractivity contribution in [2.24, 2.45) is 0 Å². The fourth-order valence-corrected chi connectivity index (χ4v) is 1.44. The van der Waals surface area contributed by atoms with E-state index in [1.54, 1.807) is 6.92 Å². The average Bonchev–Trinajstić information content (AvgIpc) is 2.23. The zero-order valence-corrected chi connectivity index (χ0v) is 10.9. The van der Waals surface area contributed by atoms with Crippen molar-refractivity contribution in [1.29, 1.82) is 0 Å².